The minimum atomic E-state index is -4.69. The first-order chi connectivity index (χ1) is 16.9. The van der Waals surface area contributed by atoms with Crippen LogP contribution in [-0.4, -0.2) is 104 Å². The van der Waals surface area contributed by atoms with Gasteiger partial charge in [0.1, 0.15) is 18.1 Å². The summed E-state index contributed by atoms with van der Waals surface area (Å²) >= 11 is 6.22. The third kappa shape index (κ3) is 4.21. The molecule has 198 valence electrons. The van der Waals surface area contributed by atoms with Crippen LogP contribution >= 0.6 is 26.6 Å². The highest BCUT2D eigenvalue weighted by atomic mass is 35.5. The Morgan fingerprint density at radius 2 is 2.00 bits per heavy atom. The lowest BCUT2D eigenvalue weighted by Gasteiger charge is -2.38. The zero-order chi connectivity index (χ0) is 25.6. The second-order valence-electron chi connectivity index (χ2n) is 10.2. The molecule has 0 radical (unpaired) electrons. The average molecular weight is 565 g/mol. The molecule has 2 aromatic heterocycles. The molecule has 6 N–H and O–H groups in total. The molecule has 1 saturated carbocycles. The Morgan fingerprint density at radius 1 is 1.22 bits per heavy atom. The maximum Gasteiger partial charge on any atom is 0.335 e. The minimum Gasteiger partial charge on any atom is -0.388 e. The molecule has 0 amide bonds. The number of hydrogen-bond donors (Lipinski definition) is 6. The van der Waals surface area contributed by atoms with E-state index in [1.807, 2.05) is 0 Å². The van der Waals surface area contributed by atoms with E-state index in [2.05, 4.69) is 25.2 Å². The summed E-state index contributed by atoms with van der Waals surface area (Å²) in [5.41, 5.74) is 1.07. The number of rotatable bonds is 8. The van der Waals surface area contributed by atoms with Gasteiger partial charge in [0.25, 0.3) is 0 Å². The fourth-order valence-electron chi connectivity index (χ4n) is 6.07. The Balaban J connectivity index is 1.20. The van der Waals surface area contributed by atoms with Gasteiger partial charge >= 0.3 is 7.60 Å². The second kappa shape index (κ2) is 8.41. The van der Waals surface area contributed by atoms with Crippen LogP contribution in [0.25, 0.3) is 11.2 Å². The van der Waals surface area contributed by atoms with Crippen molar-refractivity contribution in [1.29, 1.82) is 0 Å². The van der Waals surface area contributed by atoms with E-state index in [0.29, 0.717) is 22.8 Å². The van der Waals surface area contributed by atoms with E-state index in [1.54, 1.807) is 0 Å². The van der Waals surface area contributed by atoms with Gasteiger partial charge in [-0.25, -0.2) is 4.98 Å². The fourth-order valence-corrected chi connectivity index (χ4v) is 9.76. The Hall–Kier alpha value is -1.18. The largest absolute Gasteiger partial charge is 0.388 e. The number of piperidine rings is 1. The van der Waals surface area contributed by atoms with Crippen molar-refractivity contribution in [2.24, 2.45) is 5.92 Å². The quantitative estimate of drug-likeness (QED) is 0.187. The highest BCUT2D eigenvalue weighted by molar-refractivity contribution is 7.72. The van der Waals surface area contributed by atoms with Gasteiger partial charge < -0.3 is 34.9 Å². The third-order valence-electron chi connectivity index (χ3n) is 7.95. The van der Waals surface area contributed by atoms with Crippen LogP contribution in [0.2, 0.25) is 5.28 Å². The number of aliphatic hydroxyl groups is 2. The fraction of sp³-hybridized carbons (Fsp3) is 0.737. The number of ether oxygens (including phenoxy) is 1. The van der Waals surface area contributed by atoms with Crippen molar-refractivity contribution in [3.63, 3.8) is 0 Å². The number of nitrogens with one attached hydrogen (secondary N) is 1. The van der Waals surface area contributed by atoms with Crippen LogP contribution in [0.15, 0.2) is 6.33 Å². The summed E-state index contributed by atoms with van der Waals surface area (Å²) < 4.78 is 30.5. The number of aromatic nitrogens is 4. The maximum atomic E-state index is 12.2. The van der Waals surface area contributed by atoms with Gasteiger partial charge in [-0.3, -0.25) is 18.6 Å². The lowest BCUT2D eigenvalue weighted by Crippen LogP contribution is -2.48. The Labute approximate surface area is 210 Å². The summed E-state index contributed by atoms with van der Waals surface area (Å²) in [4.78, 5) is 43.4. The first-order valence-electron chi connectivity index (χ1n) is 11.7. The molecule has 4 fully saturated rings. The number of hydrogen-bond acceptors (Lipinski definition) is 10. The molecule has 5 heterocycles. The van der Waals surface area contributed by atoms with Crippen LogP contribution in [0.5, 0.6) is 0 Å². The van der Waals surface area contributed by atoms with Crippen LogP contribution in [0.3, 0.4) is 0 Å². The summed E-state index contributed by atoms with van der Waals surface area (Å²) in [5.74, 6) is -0.130. The van der Waals surface area contributed by atoms with Crippen molar-refractivity contribution in [1.82, 2.24) is 24.4 Å². The van der Waals surface area contributed by atoms with Crippen molar-refractivity contribution < 1.29 is 38.8 Å². The number of fused-ring (bicyclic) bond motifs is 1. The number of aliphatic hydroxyl groups excluding tert-OH is 2. The van der Waals surface area contributed by atoms with Gasteiger partial charge in [-0.05, 0) is 30.9 Å². The summed E-state index contributed by atoms with van der Waals surface area (Å²) in [7, 11) is -8.87. The van der Waals surface area contributed by atoms with Crippen molar-refractivity contribution in [3.05, 3.63) is 11.6 Å². The number of halogens is 1. The lowest BCUT2D eigenvalue weighted by atomic mass is 10.0. The zero-order valence-electron chi connectivity index (χ0n) is 19.0. The average Bonchev–Trinajstić information content (AvgIpc) is 3.25. The molecule has 14 nitrogen and oxygen atoms in total. The van der Waals surface area contributed by atoms with E-state index in [1.165, 1.54) is 17.3 Å². The standard InChI is InChI=1S/C19H27ClN6O8P2/c20-18-23-15(22-10-6-25-3-2-19(25)5-9(10)19)12-16(24-18)26(7-21-12)17-14(28)13(27)11(34-17)1-4-35(29,30)8-36(31,32)33/h7,9-11,13-14,17,27-28H,1-6,8H2,(H,29,30)(H,22,23,24)(H2,31,32,33)/t9-,10?,11+,13?,14?,17+,19?/m0/s1. The van der Waals surface area contributed by atoms with Crippen molar-refractivity contribution in [2.45, 2.75) is 55.4 Å². The molecule has 17 heteroatoms. The van der Waals surface area contributed by atoms with E-state index in [-0.39, 0.29) is 23.4 Å². The molecule has 2 aromatic rings. The Morgan fingerprint density at radius 3 is 2.61 bits per heavy atom. The van der Waals surface area contributed by atoms with Gasteiger partial charge in [0.15, 0.2) is 23.2 Å². The molecule has 3 saturated heterocycles. The van der Waals surface area contributed by atoms with Crippen molar-refractivity contribution >= 4 is 43.5 Å². The van der Waals surface area contributed by atoms with Crippen molar-refractivity contribution in [2.75, 3.05) is 30.5 Å². The summed E-state index contributed by atoms with van der Waals surface area (Å²) in [5, 5.41) is 24.6. The normalized spacial score (nSPS) is 37.4. The second-order valence-corrected chi connectivity index (χ2v) is 15.2. The predicted molar refractivity (Wildman–Crippen MR) is 127 cm³/mol. The minimum absolute atomic E-state index is 0.0261. The molecule has 1 spiro atoms. The maximum absolute atomic E-state index is 12.2. The zero-order valence-corrected chi connectivity index (χ0v) is 21.5. The van der Waals surface area contributed by atoms with Gasteiger partial charge in [0.2, 0.25) is 12.7 Å². The van der Waals surface area contributed by atoms with Gasteiger partial charge in [0.05, 0.1) is 12.4 Å². The monoisotopic (exact) mass is 564 g/mol. The molecule has 0 aromatic carbocycles. The first kappa shape index (κ1) is 25.1. The number of anilines is 1. The van der Waals surface area contributed by atoms with Crippen LogP contribution in [-0.2, 0) is 13.9 Å². The SMILES string of the molecule is O=P(O)(O)CP(=O)(O)CC[C@H]1O[C@@H](n2cnc3c(NC4CN5CCC56C[C@@H]46)nc(Cl)nc32)C(O)C1O. The van der Waals surface area contributed by atoms with E-state index in [0.717, 1.165) is 19.5 Å². The highest BCUT2D eigenvalue weighted by Gasteiger charge is 2.70. The van der Waals surface area contributed by atoms with E-state index in [9.17, 15) is 24.2 Å². The van der Waals surface area contributed by atoms with Gasteiger partial charge in [-0.1, -0.05) is 0 Å². The summed E-state index contributed by atoms with van der Waals surface area (Å²) in [6.45, 7) is 2.03. The predicted octanol–water partition coefficient (Wildman–Crippen LogP) is 0.153. The Bertz CT molecular complexity index is 1310. The molecule has 5 unspecified atom stereocenters. The molecular weight excluding hydrogens is 538 g/mol. The van der Waals surface area contributed by atoms with Crippen LogP contribution < -0.4 is 5.32 Å². The Kier molecular flexibility index (Phi) is 5.87. The lowest BCUT2D eigenvalue weighted by molar-refractivity contribution is -0.0354. The molecular formula is C19H27ClN6O8P2. The van der Waals surface area contributed by atoms with Gasteiger partial charge in [0, 0.05) is 36.8 Å². The summed E-state index contributed by atoms with van der Waals surface area (Å²) in [6.07, 6.45) is -1.90. The molecule has 36 heavy (non-hydrogen) atoms. The summed E-state index contributed by atoms with van der Waals surface area (Å²) in [6, 6.07) is 0.216. The molecule has 1 aliphatic carbocycles. The van der Waals surface area contributed by atoms with Crippen LogP contribution in [0.1, 0.15) is 25.5 Å². The molecule has 0 bridgehead atoms. The van der Waals surface area contributed by atoms with E-state index >= 15 is 0 Å². The smallest absolute Gasteiger partial charge is 0.335 e. The molecule has 8 atom stereocenters. The van der Waals surface area contributed by atoms with Gasteiger partial charge in [-0.2, -0.15) is 9.97 Å². The molecule has 4 aliphatic rings. The topological polar surface area (TPSA) is 203 Å². The van der Waals surface area contributed by atoms with E-state index < -0.39 is 51.6 Å². The molecule has 6 rings (SSSR count). The first-order valence-corrected chi connectivity index (χ1v) is 15.9. The van der Waals surface area contributed by atoms with Crippen LogP contribution in [0.4, 0.5) is 5.82 Å². The highest BCUT2D eigenvalue weighted by Crippen LogP contribution is 2.63. The van der Waals surface area contributed by atoms with E-state index in [4.69, 9.17) is 26.1 Å². The van der Waals surface area contributed by atoms with Crippen LogP contribution in [0, 0.1) is 5.92 Å². The number of imidazole rings is 1. The van der Waals surface area contributed by atoms with Crippen molar-refractivity contribution in [3.8, 4) is 0 Å². The number of nitrogens with zero attached hydrogens (tertiary/aromatic N) is 5. The van der Waals surface area contributed by atoms with Gasteiger partial charge in [-0.15, -0.1) is 0 Å². The molecule has 3 aliphatic heterocycles. The third-order valence-corrected chi connectivity index (χ3v) is 12.3.